The summed E-state index contributed by atoms with van der Waals surface area (Å²) in [7, 11) is 0. The first-order chi connectivity index (χ1) is 11.7. The Balaban J connectivity index is 3.08. The molecule has 0 spiro atoms. The number of rotatable bonds is 18. The van der Waals surface area contributed by atoms with Gasteiger partial charge in [0.1, 0.15) is 0 Å². The van der Waals surface area contributed by atoms with Crippen molar-refractivity contribution >= 4 is 5.97 Å². The summed E-state index contributed by atoms with van der Waals surface area (Å²) >= 11 is 0. The minimum Gasteiger partial charge on any atom is -0.298 e. The number of hydrogen-bond acceptors (Lipinski definition) is 3. The summed E-state index contributed by atoms with van der Waals surface area (Å²) < 4.78 is 0. The van der Waals surface area contributed by atoms with E-state index < -0.39 is 0 Å². The summed E-state index contributed by atoms with van der Waals surface area (Å²) in [4.78, 5) is 20.8. The van der Waals surface area contributed by atoms with Crippen molar-refractivity contribution in [3.63, 3.8) is 0 Å². The van der Waals surface area contributed by atoms with Crippen molar-refractivity contribution < 1.29 is 14.6 Å². The van der Waals surface area contributed by atoms with Crippen molar-refractivity contribution in [2.24, 2.45) is 0 Å². The molecule has 0 radical (unpaired) electrons. The maximum absolute atomic E-state index is 11.3. The highest BCUT2D eigenvalue weighted by Gasteiger charge is 2.05. The van der Waals surface area contributed by atoms with Crippen LogP contribution >= 0.6 is 0 Å². The molecule has 0 aliphatic rings. The van der Waals surface area contributed by atoms with Gasteiger partial charge in [-0.2, -0.15) is 4.89 Å². The van der Waals surface area contributed by atoms with Crippen LogP contribution in [-0.2, 0) is 14.6 Å². The van der Waals surface area contributed by atoms with Crippen LogP contribution in [0.3, 0.4) is 0 Å². The fraction of sp³-hybridized carbons (Fsp3) is 0.952. The zero-order valence-corrected chi connectivity index (χ0v) is 16.6. The SMILES string of the molecule is CCCCCCCCCCCCCCCCCC(=O)OOC(C)C. The van der Waals surface area contributed by atoms with Crippen LogP contribution in [-0.4, -0.2) is 12.1 Å². The third-order valence-corrected chi connectivity index (χ3v) is 4.32. The highest BCUT2D eigenvalue weighted by Crippen LogP contribution is 2.13. The third-order valence-electron chi connectivity index (χ3n) is 4.32. The highest BCUT2D eigenvalue weighted by atomic mass is 17.2. The number of unbranched alkanes of at least 4 members (excludes halogenated alkanes) is 14. The van der Waals surface area contributed by atoms with Gasteiger partial charge in [-0.3, -0.25) is 4.89 Å². The Morgan fingerprint density at radius 1 is 0.667 bits per heavy atom. The molecule has 0 amide bonds. The van der Waals surface area contributed by atoms with Crippen molar-refractivity contribution in [1.82, 2.24) is 0 Å². The lowest BCUT2D eigenvalue weighted by molar-refractivity contribution is -0.291. The van der Waals surface area contributed by atoms with Gasteiger partial charge in [0, 0.05) is 6.42 Å². The molecule has 0 aromatic rings. The topological polar surface area (TPSA) is 35.5 Å². The van der Waals surface area contributed by atoms with E-state index in [1.165, 1.54) is 83.5 Å². The fourth-order valence-electron chi connectivity index (χ4n) is 2.83. The zero-order chi connectivity index (χ0) is 17.9. The number of hydrogen-bond donors (Lipinski definition) is 0. The van der Waals surface area contributed by atoms with Crippen LogP contribution in [0.25, 0.3) is 0 Å². The second kappa shape index (κ2) is 18.8. The molecule has 24 heavy (non-hydrogen) atoms. The molecule has 0 rings (SSSR count). The predicted octanol–water partition coefficient (Wildman–Crippen LogP) is 7.13. The van der Waals surface area contributed by atoms with Gasteiger partial charge in [-0.1, -0.05) is 96.8 Å². The normalized spacial score (nSPS) is 11.2. The quantitative estimate of drug-likeness (QED) is 0.151. The molecule has 0 atom stereocenters. The van der Waals surface area contributed by atoms with Crippen molar-refractivity contribution in [3.8, 4) is 0 Å². The monoisotopic (exact) mass is 342 g/mol. The average Bonchev–Trinajstić information content (AvgIpc) is 2.56. The van der Waals surface area contributed by atoms with E-state index in [1.54, 1.807) is 0 Å². The Hall–Kier alpha value is -0.570. The minimum atomic E-state index is -0.238. The lowest BCUT2D eigenvalue weighted by Crippen LogP contribution is -2.10. The van der Waals surface area contributed by atoms with Gasteiger partial charge in [0.15, 0.2) is 0 Å². The highest BCUT2D eigenvalue weighted by molar-refractivity contribution is 5.68. The first-order valence-electron chi connectivity index (χ1n) is 10.5. The average molecular weight is 343 g/mol. The van der Waals surface area contributed by atoms with E-state index in [4.69, 9.17) is 4.89 Å². The molecule has 3 nitrogen and oxygen atoms in total. The van der Waals surface area contributed by atoms with Crippen LogP contribution < -0.4 is 0 Å². The fourth-order valence-corrected chi connectivity index (χ4v) is 2.83. The summed E-state index contributed by atoms with van der Waals surface area (Å²) in [5.41, 5.74) is 0. The smallest absolute Gasteiger partial charge is 0.298 e. The maximum atomic E-state index is 11.3. The second-order valence-electron chi connectivity index (χ2n) is 7.30. The van der Waals surface area contributed by atoms with E-state index in [-0.39, 0.29) is 12.1 Å². The molecule has 0 saturated heterocycles. The molecule has 0 saturated carbocycles. The van der Waals surface area contributed by atoms with Crippen molar-refractivity contribution in [3.05, 3.63) is 0 Å². The van der Waals surface area contributed by atoms with E-state index >= 15 is 0 Å². The van der Waals surface area contributed by atoms with Crippen LogP contribution in [0.15, 0.2) is 0 Å². The van der Waals surface area contributed by atoms with E-state index in [1.807, 2.05) is 13.8 Å². The van der Waals surface area contributed by atoms with Gasteiger partial charge in [-0.15, -0.1) is 0 Å². The van der Waals surface area contributed by atoms with Gasteiger partial charge < -0.3 is 0 Å². The molecule has 0 aromatic heterocycles. The largest absolute Gasteiger partial charge is 0.342 e. The summed E-state index contributed by atoms with van der Waals surface area (Å²) in [6, 6.07) is 0. The molecule has 0 unspecified atom stereocenters. The molecule has 144 valence electrons. The van der Waals surface area contributed by atoms with Gasteiger partial charge in [-0.25, -0.2) is 4.79 Å². The van der Waals surface area contributed by atoms with Crippen LogP contribution in [0.1, 0.15) is 124 Å². The van der Waals surface area contributed by atoms with Gasteiger partial charge in [0.2, 0.25) is 0 Å². The van der Waals surface area contributed by atoms with Crippen LogP contribution in [0.4, 0.5) is 0 Å². The summed E-state index contributed by atoms with van der Waals surface area (Å²) in [5.74, 6) is -0.238. The van der Waals surface area contributed by atoms with Gasteiger partial charge in [-0.05, 0) is 20.3 Å². The predicted molar refractivity (Wildman–Crippen MR) is 102 cm³/mol. The Morgan fingerprint density at radius 3 is 1.42 bits per heavy atom. The minimum absolute atomic E-state index is 0.0602. The molecule has 0 aliphatic heterocycles. The van der Waals surface area contributed by atoms with E-state index in [2.05, 4.69) is 11.8 Å². The van der Waals surface area contributed by atoms with Gasteiger partial charge >= 0.3 is 5.97 Å². The molecular formula is C21H42O3. The Bertz CT molecular complexity index is 264. The lowest BCUT2D eigenvalue weighted by Gasteiger charge is -2.06. The van der Waals surface area contributed by atoms with Crippen LogP contribution in [0.2, 0.25) is 0 Å². The first kappa shape index (κ1) is 23.4. The zero-order valence-electron chi connectivity index (χ0n) is 16.6. The first-order valence-corrected chi connectivity index (χ1v) is 10.5. The second-order valence-corrected chi connectivity index (χ2v) is 7.30. The molecule has 0 aromatic carbocycles. The Labute approximate surface area is 150 Å². The number of carbonyl (C=O) groups is 1. The molecule has 0 bridgehead atoms. The van der Waals surface area contributed by atoms with E-state index in [9.17, 15) is 4.79 Å². The van der Waals surface area contributed by atoms with Crippen LogP contribution in [0.5, 0.6) is 0 Å². The Morgan fingerprint density at radius 2 is 1.04 bits per heavy atom. The molecule has 0 aliphatic carbocycles. The standard InChI is InChI=1S/C21H42O3/c1-4-5-6-7-8-9-10-11-12-13-14-15-16-17-18-19-21(22)24-23-20(2)3/h20H,4-19H2,1-3H3. The maximum Gasteiger partial charge on any atom is 0.342 e. The molecule has 0 fully saturated rings. The number of carbonyl (C=O) groups excluding carboxylic acids is 1. The Kier molecular flexibility index (Phi) is 18.3. The van der Waals surface area contributed by atoms with Crippen LogP contribution in [0, 0.1) is 0 Å². The van der Waals surface area contributed by atoms with Gasteiger partial charge in [0.25, 0.3) is 0 Å². The molecule has 0 heterocycles. The van der Waals surface area contributed by atoms with E-state index in [0.29, 0.717) is 6.42 Å². The molecular weight excluding hydrogens is 300 g/mol. The van der Waals surface area contributed by atoms with Gasteiger partial charge in [0.05, 0.1) is 6.10 Å². The lowest BCUT2D eigenvalue weighted by atomic mass is 10.0. The van der Waals surface area contributed by atoms with Crippen molar-refractivity contribution in [2.75, 3.05) is 0 Å². The third kappa shape index (κ3) is 19.5. The summed E-state index contributed by atoms with van der Waals surface area (Å²) in [6.07, 6.45) is 20.4. The summed E-state index contributed by atoms with van der Waals surface area (Å²) in [6.45, 7) is 5.97. The van der Waals surface area contributed by atoms with Crippen molar-refractivity contribution in [2.45, 2.75) is 130 Å². The molecule has 3 heteroatoms. The summed E-state index contributed by atoms with van der Waals surface area (Å²) in [5, 5.41) is 0. The van der Waals surface area contributed by atoms with E-state index in [0.717, 1.165) is 12.8 Å². The molecule has 0 N–H and O–H groups in total. The van der Waals surface area contributed by atoms with Crippen molar-refractivity contribution in [1.29, 1.82) is 0 Å².